The molecule has 13 heteroatoms. The van der Waals surface area contributed by atoms with Crippen LogP contribution >= 0.6 is 0 Å². The van der Waals surface area contributed by atoms with Crippen molar-refractivity contribution >= 4 is 30.4 Å². The molecule has 0 aliphatic rings. The Morgan fingerprint density at radius 2 is 0.806 bits per heavy atom. The SMILES string of the molecule is [2H]C([2H])(F)OS(=O)(=O)c1ccc(C)cc1.[2H]C([2H])(OS(=O)(=O)c1ccc(C)cc1)OS(=O)(=O)c1ccc(C)cc1. The van der Waals surface area contributed by atoms with Crippen molar-refractivity contribution < 1.29 is 47.7 Å². The summed E-state index contributed by atoms with van der Waals surface area (Å²) in [5.74, 6) is 0. The molecule has 196 valence electrons. The highest BCUT2D eigenvalue weighted by Crippen LogP contribution is 2.16. The van der Waals surface area contributed by atoms with Crippen LogP contribution in [0.4, 0.5) is 4.39 Å². The van der Waals surface area contributed by atoms with Gasteiger partial charge in [0.25, 0.3) is 30.4 Å². The number of aryl methyl sites for hydroxylation is 3. The van der Waals surface area contributed by atoms with Gasteiger partial charge < -0.3 is 0 Å². The molecule has 0 N–H and O–H groups in total. The zero-order valence-electron chi connectivity index (χ0n) is 23.2. The molecular formula is C23H25FO9S3. The van der Waals surface area contributed by atoms with Gasteiger partial charge in [0, 0.05) is 0 Å². The third-order valence-corrected chi connectivity index (χ3v) is 7.76. The molecule has 0 bridgehead atoms. The predicted octanol–water partition coefficient (Wildman–Crippen LogP) is 4.00. The lowest BCUT2D eigenvalue weighted by Gasteiger charge is -2.07. The van der Waals surface area contributed by atoms with Crippen molar-refractivity contribution in [1.82, 2.24) is 0 Å². The van der Waals surface area contributed by atoms with E-state index in [-0.39, 0.29) is 14.7 Å². The average Bonchev–Trinajstić information content (AvgIpc) is 2.77. The van der Waals surface area contributed by atoms with E-state index in [4.69, 9.17) is 5.48 Å². The Hall–Kier alpha value is -2.68. The molecular weight excluding hydrogens is 535 g/mol. The topological polar surface area (TPSA) is 130 Å². The molecule has 0 aromatic heterocycles. The number of halogens is 1. The first-order valence-electron chi connectivity index (χ1n) is 11.9. The Morgan fingerprint density at radius 1 is 0.556 bits per heavy atom. The van der Waals surface area contributed by atoms with Crippen LogP contribution < -0.4 is 0 Å². The van der Waals surface area contributed by atoms with Crippen LogP contribution in [0, 0.1) is 20.8 Å². The first kappa shape index (κ1) is 23.7. The number of rotatable bonds is 9. The van der Waals surface area contributed by atoms with Gasteiger partial charge >= 0.3 is 0 Å². The van der Waals surface area contributed by atoms with Gasteiger partial charge in [-0.15, -0.1) is 0 Å². The lowest BCUT2D eigenvalue weighted by atomic mass is 10.2. The van der Waals surface area contributed by atoms with Crippen molar-refractivity contribution in [2.45, 2.75) is 35.5 Å². The van der Waals surface area contributed by atoms with Gasteiger partial charge in [-0.2, -0.15) is 25.3 Å². The van der Waals surface area contributed by atoms with Crippen molar-refractivity contribution in [3.63, 3.8) is 0 Å². The fourth-order valence-electron chi connectivity index (χ4n) is 2.40. The molecule has 0 fully saturated rings. The molecule has 0 unspecified atom stereocenters. The molecule has 0 aliphatic carbocycles. The van der Waals surface area contributed by atoms with E-state index in [1.54, 1.807) is 20.8 Å². The van der Waals surface area contributed by atoms with E-state index in [1.165, 1.54) is 72.8 Å². The third-order valence-electron chi connectivity index (χ3n) is 4.36. The highest BCUT2D eigenvalue weighted by atomic mass is 32.2. The smallest absolute Gasteiger partial charge is 0.236 e. The van der Waals surface area contributed by atoms with Crippen LogP contribution in [0.1, 0.15) is 22.2 Å². The van der Waals surface area contributed by atoms with Crippen LogP contribution in [0.15, 0.2) is 87.5 Å². The van der Waals surface area contributed by atoms with Gasteiger partial charge in [-0.1, -0.05) is 53.1 Å². The van der Waals surface area contributed by atoms with Crippen LogP contribution in [0.5, 0.6) is 0 Å². The number of alkyl halides is 1. The third kappa shape index (κ3) is 8.76. The first-order chi connectivity index (χ1) is 18.1. The Bertz CT molecular complexity index is 1540. The van der Waals surface area contributed by atoms with Gasteiger partial charge in [0.2, 0.25) is 6.81 Å². The van der Waals surface area contributed by atoms with Gasteiger partial charge in [-0.3, -0.25) is 0 Å². The van der Waals surface area contributed by atoms with Crippen molar-refractivity contribution in [3.05, 3.63) is 89.5 Å². The van der Waals surface area contributed by atoms with Gasteiger partial charge in [0.05, 0.1) is 20.2 Å². The predicted molar refractivity (Wildman–Crippen MR) is 129 cm³/mol. The molecule has 3 aromatic rings. The largest absolute Gasteiger partial charge is 0.299 e. The van der Waals surface area contributed by atoms with Gasteiger partial charge in [-0.25, -0.2) is 16.9 Å². The molecule has 0 spiro atoms. The van der Waals surface area contributed by atoms with E-state index in [1.807, 2.05) is 0 Å². The van der Waals surface area contributed by atoms with Crippen molar-refractivity contribution in [1.29, 1.82) is 0 Å². The molecule has 36 heavy (non-hydrogen) atoms. The lowest BCUT2D eigenvalue weighted by molar-refractivity contribution is 0.132. The van der Waals surface area contributed by atoms with Crippen LogP contribution in [0.3, 0.4) is 0 Å². The van der Waals surface area contributed by atoms with Gasteiger partial charge in [0.15, 0.2) is 6.75 Å². The summed E-state index contributed by atoms with van der Waals surface area (Å²) in [4.78, 5) is -0.925. The van der Waals surface area contributed by atoms with E-state index < -0.39 is 43.9 Å². The molecule has 0 heterocycles. The Kier molecular flexibility index (Phi) is 8.24. The molecule has 0 atom stereocenters. The monoisotopic (exact) mass is 564 g/mol. The summed E-state index contributed by atoms with van der Waals surface area (Å²) >= 11 is 0. The summed E-state index contributed by atoms with van der Waals surface area (Å²) in [5, 5.41) is 0. The highest BCUT2D eigenvalue weighted by molar-refractivity contribution is 7.87. The summed E-state index contributed by atoms with van der Waals surface area (Å²) in [7, 11) is -13.5. The van der Waals surface area contributed by atoms with Crippen molar-refractivity contribution in [2.24, 2.45) is 0 Å². The van der Waals surface area contributed by atoms with Gasteiger partial charge in [0.1, 0.15) is 0 Å². The molecule has 0 radical (unpaired) electrons. The maximum absolute atomic E-state index is 12.4. The van der Waals surface area contributed by atoms with Crippen molar-refractivity contribution in [2.75, 3.05) is 13.6 Å². The van der Waals surface area contributed by atoms with E-state index in [0.717, 1.165) is 16.7 Å². The zero-order valence-corrected chi connectivity index (χ0v) is 21.7. The maximum Gasteiger partial charge on any atom is 0.299 e. The summed E-state index contributed by atoms with van der Waals surface area (Å²) in [5.41, 5.74) is 2.41. The van der Waals surface area contributed by atoms with Crippen molar-refractivity contribution in [3.8, 4) is 0 Å². The molecule has 9 nitrogen and oxygen atoms in total. The number of hydrogen-bond donors (Lipinski definition) is 0. The minimum absolute atomic E-state index is 0.283. The first-order valence-corrected chi connectivity index (χ1v) is 14.1. The normalized spacial score (nSPS) is 14.4. The molecule has 3 rings (SSSR count). The second-order valence-corrected chi connectivity index (χ2v) is 11.9. The molecule has 0 saturated heterocycles. The Labute approximate surface area is 216 Å². The van der Waals surface area contributed by atoms with E-state index in [9.17, 15) is 29.6 Å². The fraction of sp³-hybridized carbons (Fsp3) is 0.217. The second kappa shape index (κ2) is 12.5. The van der Waals surface area contributed by atoms with Crippen LogP contribution in [0.2, 0.25) is 0 Å². The summed E-state index contributed by atoms with van der Waals surface area (Å²) in [6.45, 7) is -1.87. The second-order valence-electron chi connectivity index (χ2n) is 7.21. The van der Waals surface area contributed by atoms with E-state index in [0.29, 0.717) is 0 Å². The average molecular weight is 565 g/mol. The number of hydrogen-bond acceptors (Lipinski definition) is 9. The molecule has 0 amide bonds. The van der Waals surface area contributed by atoms with Crippen LogP contribution in [-0.4, -0.2) is 38.8 Å². The van der Waals surface area contributed by atoms with Crippen LogP contribution in [0.25, 0.3) is 0 Å². The maximum atomic E-state index is 12.4. The van der Waals surface area contributed by atoms with Crippen LogP contribution in [-0.2, 0) is 42.9 Å². The lowest BCUT2D eigenvalue weighted by Crippen LogP contribution is -2.14. The van der Waals surface area contributed by atoms with E-state index >= 15 is 0 Å². The summed E-state index contributed by atoms with van der Waals surface area (Å²) in [6, 6.07) is 16.3. The highest BCUT2D eigenvalue weighted by Gasteiger charge is 2.19. The standard InChI is InChI=1S/C15H16O6S2.C8H9FO3S/c1-12-3-7-14(8-4-12)22(16,17)20-11-21-23(18,19)15-9-5-13(2)6-10-15;1-7-2-4-8(5-3-7)13(10,11)12-6-9/h3-10H,11H2,1-2H3;2-5H,6H2,1H3/i11D2;6D2. The Morgan fingerprint density at radius 3 is 1.06 bits per heavy atom. The summed E-state index contributed by atoms with van der Waals surface area (Å²) in [6.07, 6.45) is 0. The van der Waals surface area contributed by atoms with Gasteiger partial charge in [-0.05, 0) is 57.2 Å². The molecule has 0 saturated carbocycles. The fourth-order valence-corrected chi connectivity index (χ4v) is 4.47. The molecule has 0 aliphatic heterocycles. The molecule has 3 aromatic carbocycles. The summed E-state index contributed by atoms with van der Waals surface area (Å²) < 4.78 is 123. The minimum atomic E-state index is -4.56. The quantitative estimate of drug-likeness (QED) is 0.280. The zero-order chi connectivity index (χ0) is 30.6. The minimum Gasteiger partial charge on any atom is -0.236 e. The van der Waals surface area contributed by atoms with E-state index in [2.05, 4.69) is 12.5 Å². The Balaban J connectivity index is 0.000000319. The number of benzene rings is 3.